The molecule has 1 atom stereocenters. The van der Waals surface area contributed by atoms with E-state index < -0.39 is 0 Å². The van der Waals surface area contributed by atoms with Crippen LogP contribution in [0, 0.1) is 0 Å². The van der Waals surface area contributed by atoms with Crippen LogP contribution in [0.15, 0.2) is 18.2 Å². The highest BCUT2D eigenvalue weighted by molar-refractivity contribution is 6.32. The Balaban J connectivity index is 2.04. The summed E-state index contributed by atoms with van der Waals surface area (Å²) in [7, 11) is 1.65. The molecule has 0 bridgehead atoms. The number of hydrogen-bond acceptors (Lipinski definition) is 3. The normalized spacial score (nSPS) is 19.7. The SMILES string of the molecule is COc1cc(C(C)(C)NC[C@@H]2CCCN2)ccc1Cl. The zero-order valence-corrected chi connectivity index (χ0v) is 12.7. The number of rotatable bonds is 5. The van der Waals surface area contributed by atoms with E-state index in [-0.39, 0.29) is 5.54 Å². The molecule has 1 aromatic carbocycles. The predicted octanol–water partition coefficient (Wildman–Crippen LogP) is 2.93. The molecule has 1 fully saturated rings. The first-order chi connectivity index (χ1) is 9.03. The standard InChI is InChI=1S/C15H23ClN2O/c1-15(2,18-10-12-5-4-8-17-12)11-6-7-13(16)14(9-11)19-3/h6-7,9,12,17-18H,4-5,8,10H2,1-3H3/t12-/m0/s1. The number of nitrogens with one attached hydrogen (secondary N) is 2. The van der Waals surface area contributed by atoms with Gasteiger partial charge in [-0.05, 0) is 50.9 Å². The monoisotopic (exact) mass is 282 g/mol. The Morgan fingerprint density at radius 2 is 2.26 bits per heavy atom. The number of methoxy groups -OCH3 is 1. The maximum atomic E-state index is 6.07. The molecule has 1 saturated heterocycles. The zero-order chi connectivity index (χ0) is 13.9. The molecule has 0 radical (unpaired) electrons. The average molecular weight is 283 g/mol. The van der Waals surface area contributed by atoms with Gasteiger partial charge in [-0.15, -0.1) is 0 Å². The quantitative estimate of drug-likeness (QED) is 0.871. The van der Waals surface area contributed by atoms with E-state index in [0.717, 1.165) is 18.8 Å². The summed E-state index contributed by atoms with van der Waals surface area (Å²) >= 11 is 6.07. The van der Waals surface area contributed by atoms with Crippen LogP contribution in [-0.2, 0) is 5.54 Å². The van der Waals surface area contributed by atoms with E-state index in [4.69, 9.17) is 16.3 Å². The van der Waals surface area contributed by atoms with Crippen LogP contribution in [-0.4, -0.2) is 26.2 Å². The molecule has 1 aliphatic heterocycles. The van der Waals surface area contributed by atoms with Crippen molar-refractivity contribution in [1.82, 2.24) is 10.6 Å². The van der Waals surface area contributed by atoms with Crippen molar-refractivity contribution in [2.45, 2.75) is 38.3 Å². The van der Waals surface area contributed by atoms with Gasteiger partial charge in [0.1, 0.15) is 5.75 Å². The Morgan fingerprint density at radius 1 is 1.47 bits per heavy atom. The third-order valence-electron chi connectivity index (χ3n) is 3.83. The number of halogens is 1. The van der Waals surface area contributed by atoms with Crippen LogP contribution in [0.3, 0.4) is 0 Å². The lowest BCUT2D eigenvalue weighted by atomic mass is 9.93. The van der Waals surface area contributed by atoms with Gasteiger partial charge in [0, 0.05) is 18.1 Å². The van der Waals surface area contributed by atoms with Gasteiger partial charge in [0.25, 0.3) is 0 Å². The first kappa shape index (κ1) is 14.6. The highest BCUT2D eigenvalue weighted by Gasteiger charge is 2.23. The highest BCUT2D eigenvalue weighted by atomic mass is 35.5. The second-order valence-electron chi connectivity index (χ2n) is 5.65. The molecule has 1 aromatic rings. The van der Waals surface area contributed by atoms with Gasteiger partial charge in [-0.25, -0.2) is 0 Å². The van der Waals surface area contributed by atoms with Crippen molar-refractivity contribution in [2.24, 2.45) is 0 Å². The Bertz CT molecular complexity index is 428. The summed E-state index contributed by atoms with van der Waals surface area (Å²) in [5, 5.41) is 7.78. The molecule has 1 aliphatic rings. The van der Waals surface area contributed by atoms with E-state index in [1.165, 1.54) is 18.4 Å². The molecule has 2 N–H and O–H groups in total. The lowest BCUT2D eigenvalue weighted by molar-refractivity contribution is 0.371. The van der Waals surface area contributed by atoms with E-state index in [1.54, 1.807) is 7.11 Å². The van der Waals surface area contributed by atoms with Gasteiger partial charge in [0.2, 0.25) is 0 Å². The molecule has 0 saturated carbocycles. The van der Waals surface area contributed by atoms with E-state index in [1.807, 2.05) is 12.1 Å². The molecular formula is C15H23ClN2O. The van der Waals surface area contributed by atoms with Crippen LogP contribution >= 0.6 is 11.6 Å². The molecule has 0 spiro atoms. The molecule has 0 aromatic heterocycles. The van der Waals surface area contributed by atoms with Crippen LogP contribution < -0.4 is 15.4 Å². The first-order valence-electron chi connectivity index (χ1n) is 6.85. The molecule has 0 amide bonds. The second-order valence-corrected chi connectivity index (χ2v) is 6.06. The predicted molar refractivity (Wildman–Crippen MR) is 80.1 cm³/mol. The second kappa shape index (κ2) is 6.12. The van der Waals surface area contributed by atoms with E-state index in [2.05, 4.69) is 30.5 Å². The summed E-state index contributed by atoms with van der Waals surface area (Å²) in [6.45, 7) is 6.49. The molecule has 0 unspecified atom stereocenters. The molecule has 106 valence electrons. The van der Waals surface area contributed by atoms with E-state index in [0.29, 0.717) is 11.1 Å². The topological polar surface area (TPSA) is 33.3 Å². The van der Waals surface area contributed by atoms with Gasteiger partial charge in [-0.1, -0.05) is 17.7 Å². The molecule has 1 heterocycles. The fourth-order valence-electron chi connectivity index (χ4n) is 2.46. The van der Waals surface area contributed by atoms with Gasteiger partial charge in [0.05, 0.1) is 12.1 Å². The largest absolute Gasteiger partial charge is 0.495 e. The maximum Gasteiger partial charge on any atom is 0.137 e. The minimum absolute atomic E-state index is 0.0951. The fourth-order valence-corrected chi connectivity index (χ4v) is 2.65. The Morgan fingerprint density at radius 3 is 2.89 bits per heavy atom. The van der Waals surface area contributed by atoms with Crippen LogP contribution in [0.2, 0.25) is 5.02 Å². The number of ether oxygens (including phenoxy) is 1. The lowest BCUT2D eigenvalue weighted by Crippen LogP contribution is -2.43. The van der Waals surface area contributed by atoms with Gasteiger partial charge in [-0.3, -0.25) is 0 Å². The number of benzene rings is 1. The zero-order valence-electron chi connectivity index (χ0n) is 11.9. The van der Waals surface area contributed by atoms with Gasteiger partial charge in [0.15, 0.2) is 0 Å². The van der Waals surface area contributed by atoms with Gasteiger partial charge >= 0.3 is 0 Å². The van der Waals surface area contributed by atoms with E-state index >= 15 is 0 Å². The minimum atomic E-state index is -0.0951. The van der Waals surface area contributed by atoms with Crippen molar-refractivity contribution in [3.63, 3.8) is 0 Å². The summed E-state index contributed by atoms with van der Waals surface area (Å²) < 4.78 is 5.29. The van der Waals surface area contributed by atoms with Crippen LogP contribution in [0.5, 0.6) is 5.75 Å². The minimum Gasteiger partial charge on any atom is -0.495 e. The van der Waals surface area contributed by atoms with E-state index in [9.17, 15) is 0 Å². The lowest BCUT2D eigenvalue weighted by Gasteiger charge is -2.29. The summed E-state index contributed by atoms with van der Waals surface area (Å²) in [5.41, 5.74) is 1.09. The summed E-state index contributed by atoms with van der Waals surface area (Å²) in [6, 6.07) is 6.55. The van der Waals surface area contributed by atoms with Gasteiger partial charge < -0.3 is 15.4 Å². The Labute approximate surface area is 120 Å². The summed E-state index contributed by atoms with van der Waals surface area (Å²) in [4.78, 5) is 0. The average Bonchev–Trinajstić information content (AvgIpc) is 2.90. The van der Waals surface area contributed by atoms with Crippen molar-refractivity contribution in [2.75, 3.05) is 20.2 Å². The van der Waals surface area contributed by atoms with Crippen molar-refractivity contribution in [3.8, 4) is 5.75 Å². The van der Waals surface area contributed by atoms with Crippen LogP contribution in [0.4, 0.5) is 0 Å². The Hall–Kier alpha value is -0.770. The van der Waals surface area contributed by atoms with Crippen LogP contribution in [0.25, 0.3) is 0 Å². The van der Waals surface area contributed by atoms with Crippen molar-refractivity contribution in [3.05, 3.63) is 28.8 Å². The first-order valence-corrected chi connectivity index (χ1v) is 7.23. The van der Waals surface area contributed by atoms with Crippen LogP contribution in [0.1, 0.15) is 32.3 Å². The molecule has 3 nitrogen and oxygen atoms in total. The van der Waals surface area contributed by atoms with Crippen molar-refractivity contribution in [1.29, 1.82) is 0 Å². The molecule has 19 heavy (non-hydrogen) atoms. The molecule has 4 heteroatoms. The van der Waals surface area contributed by atoms with Gasteiger partial charge in [-0.2, -0.15) is 0 Å². The fraction of sp³-hybridized carbons (Fsp3) is 0.600. The Kier molecular flexibility index (Phi) is 4.71. The van der Waals surface area contributed by atoms with Crippen molar-refractivity contribution < 1.29 is 4.74 Å². The maximum absolute atomic E-state index is 6.07. The summed E-state index contributed by atoms with van der Waals surface area (Å²) in [6.07, 6.45) is 2.54. The highest BCUT2D eigenvalue weighted by Crippen LogP contribution is 2.30. The smallest absolute Gasteiger partial charge is 0.137 e. The third kappa shape index (κ3) is 3.62. The summed E-state index contributed by atoms with van der Waals surface area (Å²) in [5.74, 6) is 0.730. The molecular weight excluding hydrogens is 260 g/mol. The van der Waals surface area contributed by atoms with Crippen molar-refractivity contribution >= 4 is 11.6 Å². The molecule has 2 rings (SSSR count). The number of hydrogen-bond donors (Lipinski definition) is 2. The molecule has 0 aliphatic carbocycles. The third-order valence-corrected chi connectivity index (χ3v) is 4.14.